The second kappa shape index (κ2) is 5.89. The highest BCUT2D eigenvalue weighted by Gasteiger charge is 1.92. The van der Waals surface area contributed by atoms with Crippen molar-refractivity contribution in [3.8, 4) is 11.1 Å². The Bertz CT molecular complexity index is 666. The number of aromatic amines is 2. The number of H-pyrrole nitrogens is 2. The maximum Gasteiger partial charge on any atom is 0.0824 e. The minimum absolute atomic E-state index is 1.06. The average molecular weight is 261 g/mol. The zero-order valence-electron chi connectivity index (χ0n) is 11.0. The molecule has 3 nitrogen and oxygen atoms in total. The molecule has 2 aromatic carbocycles. The van der Waals surface area contributed by atoms with E-state index >= 15 is 0 Å². The topological polar surface area (TPSA) is 44.5 Å². The summed E-state index contributed by atoms with van der Waals surface area (Å²) in [6.07, 6.45) is 5.56. The molecule has 0 fully saturated rings. The summed E-state index contributed by atoms with van der Waals surface area (Å²) in [7, 11) is 0. The van der Waals surface area contributed by atoms with Crippen LogP contribution in [0.25, 0.3) is 22.0 Å². The lowest BCUT2D eigenvalue weighted by molar-refractivity contribution is 1.11. The third-order valence-corrected chi connectivity index (χ3v) is 3.05. The van der Waals surface area contributed by atoms with Gasteiger partial charge in [0.1, 0.15) is 0 Å². The molecule has 2 heterocycles. The normalized spacial score (nSPS) is 10.0. The number of rotatable bonds is 1. The van der Waals surface area contributed by atoms with Crippen molar-refractivity contribution < 1.29 is 0 Å². The van der Waals surface area contributed by atoms with Crippen LogP contribution in [0.3, 0.4) is 0 Å². The van der Waals surface area contributed by atoms with Crippen LogP contribution in [-0.2, 0) is 0 Å². The molecule has 0 atom stereocenters. The van der Waals surface area contributed by atoms with Gasteiger partial charge in [-0.3, -0.25) is 5.10 Å². The zero-order chi connectivity index (χ0) is 13.6. The fraction of sp³-hybridized carbons (Fsp3) is 0. The molecule has 0 spiro atoms. The molecule has 0 aliphatic carbocycles. The van der Waals surface area contributed by atoms with Gasteiger partial charge < -0.3 is 4.98 Å². The first-order valence-corrected chi connectivity index (χ1v) is 6.50. The molecule has 0 radical (unpaired) electrons. The smallest absolute Gasteiger partial charge is 0.0824 e. The fourth-order valence-electron chi connectivity index (χ4n) is 2.01. The Kier molecular flexibility index (Phi) is 3.60. The summed E-state index contributed by atoms with van der Waals surface area (Å²) < 4.78 is 0. The zero-order valence-corrected chi connectivity index (χ0v) is 11.0. The Morgan fingerprint density at radius 2 is 1.30 bits per heavy atom. The summed E-state index contributed by atoms with van der Waals surface area (Å²) >= 11 is 0. The molecule has 0 amide bonds. The van der Waals surface area contributed by atoms with E-state index in [2.05, 4.69) is 63.7 Å². The number of fused-ring (bicyclic) bond motifs is 1. The predicted molar refractivity (Wildman–Crippen MR) is 82.3 cm³/mol. The fourth-order valence-corrected chi connectivity index (χ4v) is 2.01. The molecule has 98 valence electrons. The third-order valence-electron chi connectivity index (χ3n) is 3.05. The molecule has 4 rings (SSSR count). The first-order chi connectivity index (χ1) is 9.93. The molecule has 0 unspecified atom stereocenters. The summed E-state index contributed by atoms with van der Waals surface area (Å²) in [4.78, 5) is 2.95. The molecule has 0 bridgehead atoms. The van der Waals surface area contributed by atoms with Gasteiger partial charge in [0, 0.05) is 17.8 Å². The summed E-state index contributed by atoms with van der Waals surface area (Å²) in [5, 5.41) is 7.76. The Morgan fingerprint density at radius 1 is 0.700 bits per heavy atom. The molecule has 2 N–H and O–H groups in total. The van der Waals surface area contributed by atoms with Gasteiger partial charge in [-0.15, -0.1) is 0 Å². The van der Waals surface area contributed by atoms with Gasteiger partial charge in [-0.25, -0.2) is 0 Å². The summed E-state index contributed by atoms with van der Waals surface area (Å²) in [6.45, 7) is 0. The van der Waals surface area contributed by atoms with Crippen molar-refractivity contribution in [3.05, 3.63) is 79.3 Å². The van der Waals surface area contributed by atoms with Crippen LogP contribution < -0.4 is 0 Å². The molecule has 0 saturated carbocycles. The molecule has 0 aliphatic rings. The number of hydrogen-bond acceptors (Lipinski definition) is 1. The van der Waals surface area contributed by atoms with Crippen LogP contribution in [0.1, 0.15) is 0 Å². The lowest BCUT2D eigenvalue weighted by atomic mass is 10.1. The molecule has 3 heteroatoms. The molecule has 4 aromatic rings. The molecule has 0 saturated heterocycles. The summed E-state index contributed by atoms with van der Waals surface area (Å²) in [6, 6.07) is 20.8. The van der Waals surface area contributed by atoms with Gasteiger partial charge in [0.15, 0.2) is 0 Å². The van der Waals surface area contributed by atoms with Gasteiger partial charge in [0.05, 0.1) is 11.7 Å². The van der Waals surface area contributed by atoms with Gasteiger partial charge in [-0.2, -0.15) is 5.10 Å². The second-order valence-electron chi connectivity index (χ2n) is 4.43. The van der Waals surface area contributed by atoms with E-state index in [1.165, 1.54) is 11.1 Å². The first kappa shape index (κ1) is 12.2. The highest BCUT2D eigenvalue weighted by atomic mass is 15.1. The summed E-state index contributed by atoms with van der Waals surface area (Å²) in [5.41, 5.74) is 3.61. The quantitative estimate of drug-likeness (QED) is 0.528. The van der Waals surface area contributed by atoms with E-state index < -0.39 is 0 Å². The monoisotopic (exact) mass is 261 g/mol. The van der Waals surface area contributed by atoms with Crippen LogP contribution in [-0.4, -0.2) is 15.2 Å². The van der Waals surface area contributed by atoms with Crippen molar-refractivity contribution in [1.82, 2.24) is 15.2 Å². The average Bonchev–Trinajstić information content (AvgIpc) is 3.14. The van der Waals surface area contributed by atoms with Crippen molar-refractivity contribution >= 4 is 10.9 Å². The third kappa shape index (κ3) is 2.78. The highest BCUT2D eigenvalue weighted by molar-refractivity contribution is 5.76. The molecule has 2 aromatic heterocycles. The number of nitrogens with zero attached hydrogens (tertiary/aromatic N) is 1. The minimum atomic E-state index is 1.06. The van der Waals surface area contributed by atoms with E-state index in [-0.39, 0.29) is 0 Å². The largest absolute Gasteiger partial charge is 0.365 e. The Balaban J connectivity index is 0.000000131. The van der Waals surface area contributed by atoms with Crippen molar-refractivity contribution in [2.45, 2.75) is 0 Å². The lowest BCUT2D eigenvalue weighted by Gasteiger charge is -1.98. The molecular weight excluding hydrogens is 246 g/mol. The van der Waals surface area contributed by atoms with Gasteiger partial charge in [-0.05, 0) is 11.1 Å². The number of aromatic nitrogens is 3. The van der Waals surface area contributed by atoms with E-state index in [1.807, 2.05) is 24.5 Å². The maximum atomic E-state index is 3.82. The van der Waals surface area contributed by atoms with Crippen molar-refractivity contribution in [1.29, 1.82) is 0 Å². The lowest BCUT2D eigenvalue weighted by Crippen LogP contribution is -1.73. The highest BCUT2D eigenvalue weighted by Crippen LogP contribution is 2.17. The van der Waals surface area contributed by atoms with Crippen LogP contribution in [0.15, 0.2) is 79.3 Å². The van der Waals surface area contributed by atoms with Crippen LogP contribution in [0.5, 0.6) is 0 Å². The van der Waals surface area contributed by atoms with Gasteiger partial charge in [0.25, 0.3) is 0 Å². The molecular formula is C17H15N3. The standard InChI is InChI=1S/C12H10.C5H5N3/c1-3-7-11(8-4-1)12-9-5-2-6-10-12;1-4-2-7-8-5(4)3-6-1/h1-10H;1-3,6,8H. The van der Waals surface area contributed by atoms with E-state index in [0.29, 0.717) is 0 Å². The minimum Gasteiger partial charge on any atom is -0.365 e. The van der Waals surface area contributed by atoms with E-state index in [0.717, 1.165) is 10.9 Å². The first-order valence-electron chi connectivity index (χ1n) is 6.50. The Labute approximate surface area is 117 Å². The van der Waals surface area contributed by atoms with E-state index in [4.69, 9.17) is 0 Å². The second-order valence-corrected chi connectivity index (χ2v) is 4.43. The van der Waals surface area contributed by atoms with E-state index in [9.17, 15) is 0 Å². The van der Waals surface area contributed by atoms with Crippen LogP contribution >= 0.6 is 0 Å². The molecule has 20 heavy (non-hydrogen) atoms. The van der Waals surface area contributed by atoms with Crippen molar-refractivity contribution in [2.75, 3.05) is 0 Å². The SMILES string of the molecule is c1ccc(-c2ccccc2)cc1.c1n[nH]c2c[nH]cc12. The van der Waals surface area contributed by atoms with Crippen LogP contribution in [0, 0.1) is 0 Å². The van der Waals surface area contributed by atoms with E-state index in [1.54, 1.807) is 6.20 Å². The van der Waals surface area contributed by atoms with Crippen LogP contribution in [0.2, 0.25) is 0 Å². The number of hydrogen-bond donors (Lipinski definition) is 2. The van der Waals surface area contributed by atoms with Gasteiger partial charge in [0.2, 0.25) is 0 Å². The molecule has 0 aliphatic heterocycles. The van der Waals surface area contributed by atoms with Gasteiger partial charge in [-0.1, -0.05) is 60.7 Å². The van der Waals surface area contributed by atoms with Gasteiger partial charge >= 0.3 is 0 Å². The Morgan fingerprint density at radius 3 is 1.85 bits per heavy atom. The maximum absolute atomic E-state index is 3.82. The number of benzene rings is 2. The summed E-state index contributed by atoms with van der Waals surface area (Å²) in [5.74, 6) is 0. The van der Waals surface area contributed by atoms with Crippen molar-refractivity contribution in [2.24, 2.45) is 0 Å². The van der Waals surface area contributed by atoms with Crippen LogP contribution in [0.4, 0.5) is 0 Å². The predicted octanol–water partition coefficient (Wildman–Crippen LogP) is 4.24. The number of nitrogens with one attached hydrogen (secondary N) is 2. The van der Waals surface area contributed by atoms with Crippen molar-refractivity contribution in [3.63, 3.8) is 0 Å². The Hall–Kier alpha value is -2.81.